The third-order valence-electron chi connectivity index (χ3n) is 3.26. The van der Waals surface area contributed by atoms with E-state index in [2.05, 4.69) is 0 Å². The van der Waals surface area contributed by atoms with Gasteiger partial charge in [0.15, 0.2) is 5.78 Å². The zero-order chi connectivity index (χ0) is 14.9. The quantitative estimate of drug-likeness (QED) is 0.528. The van der Waals surface area contributed by atoms with Gasteiger partial charge in [-0.1, -0.05) is 12.1 Å². The molecule has 102 valence electrons. The van der Waals surface area contributed by atoms with E-state index in [-0.39, 0.29) is 22.6 Å². The monoisotopic (exact) mass is 271 g/mol. The van der Waals surface area contributed by atoms with Gasteiger partial charge in [-0.3, -0.25) is 14.9 Å². The number of non-ortho nitro benzene ring substituents is 1. The minimum atomic E-state index is -0.534. The second-order valence-electron chi connectivity index (χ2n) is 4.54. The van der Waals surface area contributed by atoms with Gasteiger partial charge in [0.2, 0.25) is 0 Å². The minimum Gasteiger partial charge on any atom is -0.507 e. The Hall–Kier alpha value is -2.69. The van der Waals surface area contributed by atoms with Crippen LogP contribution in [0.15, 0.2) is 36.4 Å². The number of ketones is 1. The van der Waals surface area contributed by atoms with Crippen molar-refractivity contribution < 1.29 is 14.8 Å². The maximum absolute atomic E-state index is 12.4. The maximum Gasteiger partial charge on any atom is 0.270 e. The summed E-state index contributed by atoms with van der Waals surface area (Å²) < 4.78 is 0. The highest BCUT2D eigenvalue weighted by molar-refractivity contribution is 6.12. The van der Waals surface area contributed by atoms with Crippen molar-refractivity contribution >= 4 is 11.5 Å². The summed E-state index contributed by atoms with van der Waals surface area (Å²) in [5.41, 5.74) is 1.57. The van der Waals surface area contributed by atoms with Gasteiger partial charge in [0.25, 0.3) is 5.69 Å². The third-order valence-corrected chi connectivity index (χ3v) is 3.26. The second-order valence-corrected chi connectivity index (χ2v) is 4.54. The van der Waals surface area contributed by atoms with E-state index in [0.29, 0.717) is 11.1 Å². The van der Waals surface area contributed by atoms with Gasteiger partial charge in [-0.05, 0) is 37.1 Å². The summed E-state index contributed by atoms with van der Waals surface area (Å²) in [6.45, 7) is 3.44. The highest BCUT2D eigenvalue weighted by Gasteiger charge is 2.20. The van der Waals surface area contributed by atoms with E-state index in [1.807, 2.05) is 0 Å². The van der Waals surface area contributed by atoms with Gasteiger partial charge in [0.05, 0.1) is 10.5 Å². The standard InChI is InChI=1S/C15H13NO4/c1-9-7-11(16(19)20)8-13(10(9)2)15(18)12-5-3-4-6-14(12)17/h3-8,17H,1-2H3. The first-order chi connectivity index (χ1) is 9.41. The van der Waals surface area contributed by atoms with Gasteiger partial charge in [0.1, 0.15) is 5.75 Å². The molecule has 1 N–H and O–H groups in total. The van der Waals surface area contributed by atoms with E-state index in [0.717, 1.165) is 0 Å². The molecule has 0 amide bonds. The lowest BCUT2D eigenvalue weighted by atomic mass is 9.95. The van der Waals surface area contributed by atoms with Crippen molar-refractivity contribution in [3.8, 4) is 5.75 Å². The third kappa shape index (κ3) is 2.38. The van der Waals surface area contributed by atoms with Crippen molar-refractivity contribution in [2.45, 2.75) is 13.8 Å². The van der Waals surface area contributed by atoms with E-state index in [1.54, 1.807) is 26.0 Å². The fourth-order valence-corrected chi connectivity index (χ4v) is 1.99. The van der Waals surface area contributed by atoms with Gasteiger partial charge in [-0.25, -0.2) is 0 Å². The number of benzene rings is 2. The molecule has 0 spiro atoms. The van der Waals surface area contributed by atoms with Crippen LogP contribution in [0.25, 0.3) is 0 Å². The van der Waals surface area contributed by atoms with E-state index < -0.39 is 10.7 Å². The van der Waals surface area contributed by atoms with Crippen LogP contribution >= 0.6 is 0 Å². The molecule has 5 nitrogen and oxygen atoms in total. The molecule has 0 heterocycles. The predicted molar refractivity (Wildman–Crippen MR) is 74.1 cm³/mol. The van der Waals surface area contributed by atoms with E-state index in [4.69, 9.17) is 0 Å². The number of nitro groups is 1. The predicted octanol–water partition coefficient (Wildman–Crippen LogP) is 3.15. The van der Waals surface area contributed by atoms with Gasteiger partial charge >= 0.3 is 0 Å². The average Bonchev–Trinajstić information content (AvgIpc) is 2.41. The second kappa shape index (κ2) is 5.13. The lowest BCUT2D eigenvalue weighted by Crippen LogP contribution is -2.06. The van der Waals surface area contributed by atoms with Gasteiger partial charge in [0, 0.05) is 17.7 Å². The summed E-state index contributed by atoms with van der Waals surface area (Å²) in [7, 11) is 0. The topological polar surface area (TPSA) is 80.4 Å². The lowest BCUT2D eigenvalue weighted by Gasteiger charge is -2.09. The molecule has 0 radical (unpaired) electrons. The number of aryl methyl sites for hydroxylation is 1. The first-order valence-electron chi connectivity index (χ1n) is 6.00. The number of phenols is 1. The Morgan fingerprint density at radius 3 is 2.40 bits per heavy atom. The first kappa shape index (κ1) is 13.7. The van der Waals surface area contributed by atoms with Crippen LogP contribution in [0.4, 0.5) is 5.69 Å². The van der Waals surface area contributed by atoms with Crippen LogP contribution in [0.1, 0.15) is 27.0 Å². The van der Waals surface area contributed by atoms with E-state index in [9.17, 15) is 20.0 Å². The molecule has 2 aromatic carbocycles. The number of hydrogen-bond acceptors (Lipinski definition) is 4. The Balaban J connectivity index is 2.61. The van der Waals surface area contributed by atoms with E-state index >= 15 is 0 Å². The molecule has 0 fully saturated rings. The molecular formula is C15H13NO4. The summed E-state index contributed by atoms with van der Waals surface area (Å²) >= 11 is 0. The van der Waals surface area contributed by atoms with Crippen LogP contribution in [0, 0.1) is 24.0 Å². The number of rotatable bonds is 3. The smallest absolute Gasteiger partial charge is 0.270 e. The molecule has 0 aliphatic rings. The average molecular weight is 271 g/mol. The largest absolute Gasteiger partial charge is 0.507 e. The highest BCUT2D eigenvalue weighted by atomic mass is 16.6. The summed E-state index contributed by atoms with van der Waals surface area (Å²) in [4.78, 5) is 22.8. The van der Waals surface area contributed by atoms with Crippen molar-refractivity contribution in [1.82, 2.24) is 0 Å². The van der Waals surface area contributed by atoms with Crippen LogP contribution in [0.5, 0.6) is 5.75 Å². The molecule has 20 heavy (non-hydrogen) atoms. The first-order valence-corrected chi connectivity index (χ1v) is 6.00. The molecular weight excluding hydrogens is 258 g/mol. The summed E-state index contributed by atoms with van der Waals surface area (Å²) in [6, 6.07) is 8.82. The highest BCUT2D eigenvalue weighted by Crippen LogP contribution is 2.26. The van der Waals surface area contributed by atoms with Crippen molar-refractivity contribution in [1.29, 1.82) is 0 Å². The van der Waals surface area contributed by atoms with Crippen LogP contribution in [-0.2, 0) is 0 Å². The summed E-state index contributed by atoms with van der Waals surface area (Å²) in [6.07, 6.45) is 0. The molecule has 0 saturated heterocycles. The number of phenolic OH excluding ortho intramolecular Hbond substituents is 1. The van der Waals surface area contributed by atoms with Gasteiger partial charge in [-0.15, -0.1) is 0 Å². The Labute approximate surface area is 115 Å². The van der Waals surface area contributed by atoms with Crippen LogP contribution in [-0.4, -0.2) is 15.8 Å². The number of carbonyl (C=O) groups is 1. The van der Waals surface area contributed by atoms with E-state index in [1.165, 1.54) is 24.3 Å². The molecule has 2 aromatic rings. The maximum atomic E-state index is 12.4. The normalized spacial score (nSPS) is 10.3. The number of para-hydroxylation sites is 1. The lowest BCUT2D eigenvalue weighted by molar-refractivity contribution is -0.384. The number of carbonyl (C=O) groups excluding carboxylic acids is 1. The number of nitrogens with zero attached hydrogens (tertiary/aromatic N) is 1. The molecule has 5 heteroatoms. The molecule has 0 aromatic heterocycles. The molecule has 2 rings (SSSR count). The number of aromatic hydroxyl groups is 1. The van der Waals surface area contributed by atoms with Crippen molar-refractivity contribution in [2.24, 2.45) is 0 Å². The number of nitro benzene ring substituents is 1. The van der Waals surface area contributed by atoms with Crippen molar-refractivity contribution in [3.05, 3.63) is 68.8 Å². The summed E-state index contributed by atoms with van der Waals surface area (Å²) in [5.74, 6) is -0.562. The SMILES string of the molecule is Cc1cc([N+](=O)[O-])cc(C(=O)c2ccccc2O)c1C. The van der Waals surface area contributed by atoms with Crippen LogP contribution in [0.3, 0.4) is 0 Å². The minimum absolute atomic E-state index is 0.133. The Morgan fingerprint density at radius 1 is 1.15 bits per heavy atom. The molecule has 0 atom stereocenters. The number of hydrogen-bond donors (Lipinski definition) is 1. The molecule has 0 saturated carbocycles. The zero-order valence-corrected chi connectivity index (χ0v) is 11.1. The molecule has 0 bridgehead atoms. The molecule has 0 aliphatic carbocycles. The Kier molecular flexibility index (Phi) is 3.52. The zero-order valence-electron chi connectivity index (χ0n) is 11.1. The van der Waals surface area contributed by atoms with Crippen LogP contribution < -0.4 is 0 Å². The molecule has 0 unspecified atom stereocenters. The fourth-order valence-electron chi connectivity index (χ4n) is 1.99. The molecule has 0 aliphatic heterocycles. The fraction of sp³-hybridized carbons (Fsp3) is 0.133. The van der Waals surface area contributed by atoms with Gasteiger partial charge in [-0.2, -0.15) is 0 Å². The van der Waals surface area contributed by atoms with Crippen LogP contribution in [0.2, 0.25) is 0 Å². The van der Waals surface area contributed by atoms with Crippen molar-refractivity contribution in [2.75, 3.05) is 0 Å². The van der Waals surface area contributed by atoms with Crippen molar-refractivity contribution in [3.63, 3.8) is 0 Å². The Morgan fingerprint density at radius 2 is 1.80 bits per heavy atom. The van der Waals surface area contributed by atoms with Gasteiger partial charge < -0.3 is 5.11 Å². The Bertz CT molecular complexity index is 707. The summed E-state index contributed by atoms with van der Waals surface area (Å²) in [5, 5.41) is 20.6.